The number of carbonyl (C=O) groups is 1. The van der Waals surface area contributed by atoms with Gasteiger partial charge >= 0.3 is 0 Å². The number of hydrogen-bond acceptors (Lipinski definition) is 4. The average molecular weight is 261 g/mol. The first-order chi connectivity index (χ1) is 9.33. The van der Waals surface area contributed by atoms with Gasteiger partial charge in [0.1, 0.15) is 5.82 Å². The predicted molar refractivity (Wildman–Crippen MR) is 69.9 cm³/mol. The Labute approximate surface area is 112 Å². The van der Waals surface area contributed by atoms with Gasteiger partial charge in [0.15, 0.2) is 0 Å². The van der Waals surface area contributed by atoms with Crippen LogP contribution in [0, 0.1) is 5.92 Å². The van der Waals surface area contributed by atoms with Crippen molar-refractivity contribution in [2.75, 3.05) is 19.8 Å². The number of hydrogen-bond donors (Lipinski definition) is 1. The van der Waals surface area contributed by atoms with E-state index in [1.807, 2.05) is 0 Å². The summed E-state index contributed by atoms with van der Waals surface area (Å²) in [6.45, 7) is 2.27. The maximum Gasteiger partial charge on any atom is 0.254 e. The number of carbonyl (C=O) groups excluding carboxylic acids is 1. The Hall–Kier alpha value is -1.49. The van der Waals surface area contributed by atoms with Gasteiger partial charge in [-0.3, -0.25) is 4.79 Å². The number of rotatable bonds is 4. The molecule has 1 saturated heterocycles. The second-order valence-corrected chi connectivity index (χ2v) is 5.40. The van der Waals surface area contributed by atoms with Gasteiger partial charge in [-0.2, -0.15) is 0 Å². The summed E-state index contributed by atoms with van der Waals surface area (Å²) >= 11 is 0. The summed E-state index contributed by atoms with van der Waals surface area (Å²) in [6, 6.07) is 0. The van der Waals surface area contributed by atoms with Crippen molar-refractivity contribution in [3.8, 4) is 0 Å². The van der Waals surface area contributed by atoms with Crippen molar-refractivity contribution in [1.29, 1.82) is 0 Å². The highest BCUT2D eigenvalue weighted by molar-refractivity contribution is 5.93. The Morgan fingerprint density at radius 2 is 2.11 bits per heavy atom. The van der Waals surface area contributed by atoms with E-state index in [2.05, 4.69) is 15.3 Å². The van der Waals surface area contributed by atoms with Gasteiger partial charge in [-0.05, 0) is 31.6 Å². The van der Waals surface area contributed by atoms with Crippen molar-refractivity contribution in [1.82, 2.24) is 15.3 Å². The average Bonchev–Trinajstić information content (AvgIpc) is 3.31. The fraction of sp³-hybridized carbons (Fsp3) is 0.643. The van der Waals surface area contributed by atoms with Crippen LogP contribution in [-0.4, -0.2) is 35.6 Å². The fourth-order valence-electron chi connectivity index (χ4n) is 2.32. The molecule has 2 aliphatic rings. The van der Waals surface area contributed by atoms with Crippen LogP contribution in [0.5, 0.6) is 0 Å². The number of nitrogens with one attached hydrogen (secondary N) is 1. The zero-order valence-electron chi connectivity index (χ0n) is 11.0. The summed E-state index contributed by atoms with van der Waals surface area (Å²) in [7, 11) is 0. The molecule has 1 aliphatic carbocycles. The highest BCUT2D eigenvalue weighted by Gasteiger charge is 2.26. The summed E-state index contributed by atoms with van der Waals surface area (Å²) in [5.74, 6) is 1.74. The maximum absolute atomic E-state index is 12.0. The highest BCUT2D eigenvalue weighted by atomic mass is 16.5. The van der Waals surface area contributed by atoms with Crippen LogP contribution in [0.15, 0.2) is 12.4 Å². The van der Waals surface area contributed by atoms with Gasteiger partial charge in [0, 0.05) is 31.5 Å². The molecule has 5 heteroatoms. The number of amides is 1. The molecule has 102 valence electrons. The molecule has 0 radical (unpaired) electrons. The number of ether oxygens (including phenoxy) is 1. The molecule has 1 saturated carbocycles. The summed E-state index contributed by atoms with van der Waals surface area (Å²) < 4.78 is 5.39. The first-order valence-corrected chi connectivity index (χ1v) is 7.01. The first-order valence-electron chi connectivity index (χ1n) is 7.01. The molecule has 0 aromatic carbocycles. The molecule has 5 nitrogen and oxygen atoms in total. The molecule has 2 heterocycles. The van der Waals surface area contributed by atoms with Gasteiger partial charge in [0.2, 0.25) is 0 Å². The Morgan fingerprint density at radius 1 is 1.32 bits per heavy atom. The van der Waals surface area contributed by atoms with Crippen LogP contribution in [0.1, 0.15) is 47.8 Å². The number of aromatic nitrogens is 2. The van der Waals surface area contributed by atoms with E-state index < -0.39 is 0 Å². The van der Waals surface area contributed by atoms with Crippen molar-refractivity contribution in [3.05, 3.63) is 23.8 Å². The van der Waals surface area contributed by atoms with Gasteiger partial charge in [0.05, 0.1) is 12.2 Å². The van der Waals surface area contributed by atoms with E-state index in [1.54, 1.807) is 12.4 Å². The smallest absolute Gasteiger partial charge is 0.254 e. The van der Waals surface area contributed by atoms with Crippen LogP contribution in [0.4, 0.5) is 0 Å². The van der Waals surface area contributed by atoms with Gasteiger partial charge in [-0.25, -0.2) is 9.97 Å². The van der Waals surface area contributed by atoms with Crippen LogP contribution in [-0.2, 0) is 4.74 Å². The van der Waals surface area contributed by atoms with E-state index in [4.69, 9.17) is 4.74 Å². The monoisotopic (exact) mass is 261 g/mol. The van der Waals surface area contributed by atoms with E-state index in [0.29, 0.717) is 23.9 Å². The van der Waals surface area contributed by atoms with Gasteiger partial charge in [0.25, 0.3) is 5.91 Å². The Morgan fingerprint density at radius 3 is 2.74 bits per heavy atom. The maximum atomic E-state index is 12.0. The lowest BCUT2D eigenvalue weighted by Crippen LogP contribution is -2.33. The molecule has 1 aromatic heterocycles. The molecular formula is C14H19N3O2. The normalized spacial score (nSPS) is 23.1. The largest absolute Gasteiger partial charge is 0.381 e. The highest BCUT2D eigenvalue weighted by Crippen LogP contribution is 2.37. The zero-order valence-corrected chi connectivity index (χ0v) is 11.0. The van der Waals surface area contributed by atoms with Crippen LogP contribution >= 0.6 is 0 Å². The predicted octanol–water partition coefficient (Wildman–Crippen LogP) is 1.51. The quantitative estimate of drug-likeness (QED) is 0.892. The van der Waals surface area contributed by atoms with Crippen molar-refractivity contribution in [2.45, 2.75) is 31.6 Å². The molecule has 0 bridgehead atoms. The van der Waals surface area contributed by atoms with Crippen molar-refractivity contribution in [3.63, 3.8) is 0 Å². The van der Waals surface area contributed by atoms with Crippen molar-refractivity contribution >= 4 is 5.91 Å². The Bertz CT molecular complexity index is 437. The topological polar surface area (TPSA) is 64.1 Å². The standard InChI is InChI=1S/C14H19N3O2/c18-14(17-6-10-2-1-5-19-9-10)12-7-15-13(16-8-12)11-3-4-11/h7-8,10-11H,1-6,9H2,(H,17,18)/t10-/m1/s1. The third-order valence-corrected chi connectivity index (χ3v) is 3.68. The minimum atomic E-state index is -0.0899. The van der Waals surface area contributed by atoms with Crippen LogP contribution in [0.3, 0.4) is 0 Å². The third-order valence-electron chi connectivity index (χ3n) is 3.68. The van der Waals surface area contributed by atoms with E-state index >= 15 is 0 Å². The molecule has 1 atom stereocenters. The van der Waals surface area contributed by atoms with E-state index in [-0.39, 0.29) is 5.91 Å². The lowest BCUT2D eigenvalue weighted by atomic mass is 10.0. The van der Waals surface area contributed by atoms with E-state index in [1.165, 1.54) is 12.8 Å². The molecule has 1 amide bonds. The van der Waals surface area contributed by atoms with Crippen LogP contribution < -0.4 is 5.32 Å². The zero-order chi connectivity index (χ0) is 13.1. The molecular weight excluding hydrogens is 242 g/mol. The SMILES string of the molecule is O=C(NC[C@H]1CCCOC1)c1cnc(C2CC2)nc1. The minimum absolute atomic E-state index is 0.0899. The molecule has 2 fully saturated rings. The van der Waals surface area contributed by atoms with Crippen molar-refractivity contribution in [2.24, 2.45) is 5.92 Å². The van der Waals surface area contributed by atoms with Gasteiger partial charge in [-0.1, -0.05) is 0 Å². The first kappa shape index (κ1) is 12.5. The van der Waals surface area contributed by atoms with Gasteiger partial charge < -0.3 is 10.1 Å². The van der Waals surface area contributed by atoms with E-state index in [9.17, 15) is 4.79 Å². The molecule has 1 aromatic rings. The summed E-state index contributed by atoms with van der Waals surface area (Å²) in [5, 5.41) is 2.93. The lowest BCUT2D eigenvalue weighted by molar-refractivity contribution is 0.0536. The fourth-order valence-corrected chi connectivity index (χ4v) is 2.32. The molecule has 1 aliphatic heterocycles. The molecule has 1 N–H and O–H groups in total. The summed E-state index contributed by atoms with van der Waals surface area (Å²) in [5.41, 5.74) is 0.543. The molecule has 0 unspecified atom stereocenters. The van der Waals surface area contributed by atoms with Crippen LogP contribution in [0.25, 0.3) is 0 Å². The summed E-state index contributed by atoms with van der Waals surface area (Å²) in [4.78, 5) is 20.5. The summed E-state index contributed by atoms with van der Waals surface area (Å²) in [6.07, 6.45) is 7.82. The van der Waals surface area contributed by atoms with Crippen LogP contribution in [0.2, 0.25) is 0 Å². The van der Waals surface area contributed by atoms with Crippen molar-refractivity contribution < 1.29 is 9.53 Å². The third kappa shape index (κ3) is 3.29. The van der Waals surface area contributed by atoms with E-state index in [0.717, 1.165) is 31.9 Å². The second-order valence-electron chi connectivity index (χ2n) is 5.40. The van der Waals surface area contributed by atoms with Gasteiger partial charge in [-0.15, -0.1) is 0 Å². The second kappa shape index (κ2) is 5.65. The Balaban J connectivity index is 1.51. The molecule has 0 spiro atoms. The lowest BCUT2D eigenvalue weighted by Gasteiger charge is -2.22. The minimum Gasteiger partial charge on any atom is -0.381 e. The molecule has 3 rings (SSSR count). The Kier molecular flexibility index (Phi) is 3.73. The number of nitrogens with zero attached hydrogens (tertiary/aromatic N) is 2. The molecule has 19 heavy (non-hydrogen) atoms.